The molecule has 0 aliphatic carbocycles. The highest BCUT2D eigenvalue weighted by Gasteiger charge is 2.29. The largest absolute Gasteiger partial charge is 0.495 e. The number of hydrogen-bond donors (Lipinski definition) is 1. The molecule has 0 bridgehead atoms. The minimum atomic E-state index is -0.0457. The molecule has 0 saturated carbocycles. The first kappa shape index (κ1) is 13.3. The van der Waals surface area contributed by atoms with E-state index >= 15 is 0 Å². The summed E-state index contributed by atoms with van der Waals surface area (Å²) in [5.41, 5.74) is 7.00. The fraction of sp³-hybridized carbons (Fsp3) is 0.538. The first-order valence-corrected chi connectivity index (χ1v) is 5.87. The van der Waals surface area contributed by atoms with E-state index in [0.29, 0.717) is 23.2 Å². The quantitative estimate of drug-likeness (QED) is 0.879. The number of ether oxygens (including phenoxy) is 1. The Morgan fingerprint density at radius 1 is 1.44 bits per heavy atom. The van der Waals surface area contributed by atoms with E-state index in [2.05, 4.69) is 20.8 Å². The van der Waals surface area contributed by atoms with Gasteiger partial charge in [-0.05, 0) is 23.6 Å². The van der Waals surface area contributed by atoms with Crippen molar-refractivity contribution in [1.29, 1.82) is 0 Å². The normalized spacial score (nSPS) is 14.9. The lowest BCUT2D eigenvalue weighted by Crippen LogP contribution is -2.37. The molecule has 2 N–H and O–H groups in total. The monoisotopic (exact) mass is 241 g/mol. The van der Waals surface area contributed by atoms with E-state index in [4.69, 9.17) is 22.1 Å². The van der Waals surface area contributed by atoms with Crippen molar-refractivity contribution in [3.63, 3.8) is 0 Å². The van der Waals surface area contributed by atoms with Crippen LogP contribution >= 0.6 is 11.6 Å². The molecule has 2 nitrogen and oxygen atoms in total. The molecule has 0 spiro atoms. The lowest BCUT2D eigenvalue weighted by molar-refractivity contribution is 0.346. The summed E-state index contributed by atoms with van der Waals surface area (Å²) in [6.45, 7) is 7.11. The van der Waals surface area contributed by atoms with Gasteiger partial charge in [0.15, 0.2) is 0 Å². The van der Waals surface area contributed by atoms with Crippen molar-refractivity contribution in [2.24, 2.45) is 11.7 Å². The van der Waals surface area contributed by atoms with Gasteiger partial charge in [0.05, 0.1) is 12.1 Å². The van der Waals surface area contributed by atoms with Crippen molar-refractivity contribution >= 4 is 11.6 Å². The first-order valence-electron chi connectivity index (χ1n) is 5.49. The van der Waals surface area contributed by atoms with Gasteiger partial charge in [-0.2, -0.15) is 0 Å². The molecule has 0 aromatic heterocycles. The molecule has 0 fully saturated rings. The molecule has 3 heteroatoms. The standard InChI is InChI=1S/C13H20ClNO/c1-9(2)13(3,8-15)10-5-6-12(16-4)11(14)7-10/h5-7,9H,8,15H2,1-4H3. The summed E-state index contributed by atoms with van der Waals surface area (Å²) in [6, 6.07) is 5.89. The summed E-state index contributed by atoms with van der Waals surface area (Å²) in [6.07, 6.45) is 0. The van der Waals surface area contributed by atoms with Crippen LogP contribution in [0.5, 0.6) is 5.75 Å². The van der Waals surface area contributed by atoms with Gasteiger partial charge in [-0.15, -0.1) is 0 Å². The molecule has 1 rings (SSSR count). The fourth-order valence-corrected chi connectivity index (χ4v) is 1.97. The third kappa shape index (κ3) is 2.33. The van der Waals surface area contributed by atoms with Crippen molar-refractivity contribution < 1.29 is 4.74 Å². The van der Waals surface area contributed by atoms with E-state index in [1.54, 1.807) is 7.11 Å². The second-order valence-electron chi connectivity index (χ2n) is 4.63. The average Bonchev–Trinajstić information content (AvgIpc) is 2.27. The minimum absolute atomic E-state index is 0.0457. The molecule has 1 aromatic rings. The van der Waals surface area contributed by atoms with Crippen LogP contribution in [0.25, 0.3) is 0 Å². The highest BCUT2D eigenvalue weighted by atomic mass is 35.5. The fourth-order valence-electron chi connectivity index (χ4n) is 1.71. The molecule has 0 aliphatic rings. The molecule has 0 aliphatic heterocycles. The second kappa shape index (κ2) is 5.07. The Bertz CT molecular complexity index is 365. The van der Waals surface area contributed by atoms with Crippen molar-refractivity contribution in [1.82, 2.24) is 0 Å². The van der Waals surface area contributed by atoms with Gasteiger partial charge >= 0.3 is 0 Å². The molecular weight excluding hydrogens is 222 g/mol. The van der Waals surface area contributed by atoms with Crippen LogP contribution in [0.15, 0.2) is 18.2 Å². The van der Waals surface area contributed by atoms with Crippen LogP contribution in [0.4, 0.5) is 0 Å². The zero-order valence-electron chi connectivity index (χ0n) is 10.4. The van der Waals surface area contributed by atoms with Crippen LogP contribution in [0, 0.1) is 5.92 Å². The number of hydrogen-bond acceptors (Lipinski definition) is 2. The number of nitrogens with two attached hydrogens (primary N) is 1. The Morgan fingerprint density at radius 3 is 2.44 bits per heavy atom. The van der Waals surface area contributed by atoms with E-state index in [0.717, 1.165) is 5.56 Å². The molecule has 0 heterocycles. The van der Waals surface area contributed by atoms with Crippen LogP contribution in [-0.4, -0.2) is 13.7 Å². The highest BCUT2D eigenvalue weighted by molar-refractivity contribution is 6.32. The van der Waals surface area contributed by atoms with Gasteiger partial charge in [-0.25, -0.2) is 0 Å². The summed E-state index contributed by atoms with van der Waals surface area (Å²) >= 11 is 6.13. The zero-order chi connectivity index (χ0) is 12.3. The van der Waals surface area contributed by atoms with Gasteiger partial charge in [0, 0.05) is 12.0 Å². The molecule has 0 saturated heterocycles. The molecule has 0 radical (unpaired) electrons. The molecular formula is C13H20ClNO. The Morgan fingerprint density at radius 2 is 2.06 bits per heavy atom. The molecule has 1 atom stereocenters. The second-order valence-corrected chi connectivity index (χ2v) is 5.03. The topological polar surface area (TPSA) is 35.2 Å². The van der Waals surface area contributed by atoms with Gasteiger partial charge < -0.3 is 10.5 Å². The predicted octanol–water partition coefficient (Wildman–Crippen LogP) is 3.22. The van der Waals surface area contributed by atoms with Crippen LogP contribution in [0.1, 0.15) is 26.3 Å². The van der Waals surface area contributed by atoms with Crippen molar-refractivity contribution in [2.45, 2.75) is 26.2 Å². The van der Waals surface area contributed by atoms with E-state index in [1.807, 2.05) is 18.2 Å². The number of halogens is 1. The maximum atomic E-state index is 6.13. The average molecular weight is 242 g/mol. The van der Waals surface area contributed by atoms with Crippen LogP contribution in [-0.2, 0) is 5.41 Å². The summed E-state index contributed by atoms with van der Waals surface area (Å²) in [5, 5.41) is 0.639. The molecule has 16 heavy (non-hydrogen) atoms. The smallest absolute Gasteiger partial charge is 0.137 e. The van der Waals surface area contributed by atoms with Gasteiger partial charge in [0.2, 0.25) is 0 Å². The van der Waals surface area contributed by atoms with Crippen molar-refractivity contribution in [3.8, 4) is 5.75 Å². The van der Waals surface area contributed by atoms with Gasteiger partial charge in [0.1, 0.15) is 5.75 Å². The van der Waals surface area contributed by atoms with E-state index < -0.39 is 0 Å². The predicted molar refractivity (Wildman–Crippen MR) is 69.2 cm³/mol. The van der Waals surface area contributed by atoms with Gasteiger partial charge in [-0.3, -0.25) is 0 Å². The summed E-state index contributed by atoms with van der Waals surface area (Å²) in [4.78, 5) is 0. The van der Waals surface area contributed by atoms with E-state index in [-0.39, 0.29) is 5.41 Å². The zero-order valence-corrected chi connectivity index (χ0v) is 11.1. The number of methoxy groups -OCH3 is 1. The Hall–Kier alpha value is -0.730. The highest BCUT2D eigenvalue weighted by Crippen LogP contribution is 2.35. The van der Waals surface area contributed by atoms with Crippen LogP contribution < -0.4 is 10.5 Å². The number of benzene rings is 1. The van der Waals surface area contributed by atoms with Crippen LogP contribution in [0.2, 0.25) is 5.02 Å². The van der Waals surface area contributed by atoms with Crippen molar-refractivity contribution in [3.05, 3.63) is 28.8 Å². The first-order chi connectivity index (χ1) is 7.45. The Kier molecular flexibility index (Phi) is 4.22. The van der Waals surface area contributed by atoms with Gasteiger partial charge in [-0.1, -0.05) is 38.4 Å². The van der Waals surface area contributed by atoms with Crippen molar-refractivity contribution in [2.75, 3.05) is 13.7 Å². The summed E-state index contributed by atoms with van der Waals surface area (Å²) < 4.78 is 5.14. The summed E-state index contributed by atoms with van der Waals surface area (Å²) in [7, 11) is 1.62. The third-order valence-electron chi connectivity index (χ3n) is 3.51. The maximum Gasteiger partial charge on any atom is 0.137 e. The maximum absolute atomic E-state index is 6.13. The van der Waals surface area contributed by atoms with Crippen LogP contribution in [0.3, 0.4) is 0 Å². The Labute approximate surface area is 103 Å². The lowest BCUT2D eigenvalue weighted by Gasteiger charge is -2.33. The SMILES string of the molecule is COc1ccc(C(C)(CN)C(C)C)cc1Cl. The molecule has 1 aromatic carbocycles. The van der Waals surface area contributed by atoms with Gasteiger partial charge in [0.25, 0.3) is 0 Å². The van der Waals surface area contributed by atoms with E-state index in [9.17, 15) is 0 Å². The number of rotatable bonds is 4. The summed E-state index contributed by atoms with van der Waals surface area (Å²) in [5.74, 6) is 1.16. The lowest BCUT2D eigenvalue weighted by atomic mass is 9.73. The molecule has 0 amide bonds. The van der Waals surface area contributed by atoms with E-state index in [1.165, 1.54) is 0 Å². The molecule has 1 unspecified atom stereocenters. The Balaban J connectivity index is 3.18. The third-order valence-corrected chi connectivity index (χ3v) is 3.80. The minimum Gasteiger partial charge on any atom is -0.495 e. The molecule has 90 valence electrons.